The fourth-order valence-electron chi connectivity index (χ4n) is 1.79. The SMILES string of the molecule is Cc1cnn(C)c1C=Nc1ccccc1O[SiH](C)C. The normalized spacial score (nSPS) is 11.4. The third-order valence-electron chi connectivity index (χ3n) is 2.73. The molecule has 0 amide bonds. The van der Waals surface area contributed by atoms with Gasteiger partial charge in [-0.2, -0.15) is 5.10 Å². The second kappa shape index (κ2) is 5.84. The minimum absolute atomic E-state index is 0.861. The van der Waals surface area contributed by atoms with E-state index < -0.39 is 9.04 Å². The van der Waals surface area contributed by atoms with E-state index in [9.17, 15) is 0 Å². The van der Waals surface area contributed by atoms with Crippen LogP contribution in [0.3, 0.4) is 0 Å². The van der Waals surface area contributed by atoms with E-state index in [-0.39, 0.29) is 0 Å². The maximum atomic E-state index is 5.88. The highest BCUT2D eigenvalue weighted by atomic mass is 28.3. The van der Waals surface area contributed by atoms with Gasteiger partial charge in [0.2, 0.25) is 9.04 Å². The van der Waals surface area contributed by atoms with Crippen LogP contribution in [-0.4, -0.2) is 25.0 Å². The second-order valence-corrected chi connectivity index (χ2v) is 7.06. The molecule has 2 aromatic rings. The smallest absolute Gasteiger partial charge is 0.229 e. The van der Waals surface area contributed by atoms with Gasteiger partial charge >= 0.3 is 0 Å². The molecule has 0 radical (unpaired) electrons. The average molecular weight is 273 g/mol. The summed E-state index contributed by atoms with van der Waals surface area (Å²) in [7, 11) is 0.791. The van der Waals surface area contributed by atoms with Crippen LogP contribution in [0.5, 0.6) is 5.75 Å². The van der Waals surface area contributed by atoms with Gasteiger partial charge in [0, 0.05) is 7.05 Å². The summed E-state index contributed by atoms with van der Waals surface area (Å²) >= 11 is 0. The van der Waals surface area contributed by atoms with Crippen molar-refractivity contribution in [3.8, 4) is 5.75 Å². The van der Waals surface area contributed by atoms with Gasteiger partial charge in [-0.15, -0.1) is 0 Å². The monoisotopic (exact) mass is 273 g/mol. The Hall–Kier alpha value is -1.88. The molecule has 19 heavy (non-hydrogen) atoms. The van der Waals surface area contributed by atoms with Crippen LogP contribution in [0.25, 0.3) is 0 Å². The quantitative estimate of drug-likeness (QED) is 0.635. The number of aromatic nitrogens is 2. The first kappa shape index (κ1) is 13.5. The van der Waals surface area contributed by atoms with Gasteiger partial charge in [-0.3, -0.25) is 9.67 Å². The number of para-hydroxylation sites is 2. The molecule has 1 aromatic carbocycles. The van der Waals surface area contributed by atoms with Crippen molar-refractivity contribution in [2.24, 2.45) is 12.0 Å². The van der Waals surface area contributed by atoms with Crippen molar-refractivity contribution in [2.75, 3.05) is 0 Å². The van der Waals surface area contributed by atoms with Gasteiger partial charge in [-0.1, -0.05) is 12.1 Å². The lowest BCUT2D eigenvalue weighted by molar-refractivity contribution is 0.582. The van der Waals surface area contributed by atoms with Gasteiger partial charge in [-0.25, -0.2) is 0 Å². The van der Waals surface area contributed by atoms with Crippen LogP contribution in [0.2, 0.25) is 13.1 Å². The number of benzene rings is 1. The molecule has 0 spiro atoms. The molecule has 0 atom stereocenters. The van der Waals surface area contributed by atoms with Gasteiger partial charge in [0.1, 0.15) is 11.4 Å². The zero-order valence-corrected chi connectivity index (χ0v) is 12.9. The lowest BCUT2D eigenvalue weighted by Crippen LogP contribution is -2.11. The highest BCUT2D eigenvalue weighted by molar-refractivity contribution is 6.49. The van der Waals surface area contributed by atoms with Crippen LogP contribution >= 0.6 is 0 Å². The molecule has 1 aromatic heterocycles. The average Bonchev–Trinajstić information content (AvgIpc) is 2.68. The molecular formula is C14H19N3OSi. The molecule has 0 bridgehead atoms. The first-order valence-electron chi connectivity index (χ1n) is 6.36. The standard InChI is InChI=1S/C14H19N3OSi/c1-11-9-16-17(2)13(11)10-15-12-7-5-6-8-14(12)18-19(3)4/h5-10,19H,1-4H3. The Labute approximate surface area is 115 Å². The number of nitrogens with zero attached hydrogens (tertiary/aromatic N) is 3. The summed E-state index contributed by atoms with van der Waals surface area (Å²) < 4.78 is 7.70. The molecule has 0 saturated heterocycles. The fraction of sp³-hybridized carbons (Fsp3) is 0.286. The van der Waals surface area contributed by atoms with Gasteiger partial charge in [0.05, 0.1) is 18.1 Å². The molecule has 0 fully saturated rings. The van der Waals surface area contributed by atoms with E-state index in [0.717, 1.165) is 22.7 Å². The van der Waals surface area contributed by atoms with Crippen molar-refractivity contribution in [1.29, 1.82) is 0 Å². The van der Waals surface area contributed by atoms with Crippen LogP contribution in [0, 0.1) is 6.92 Å². The molecule has 1 heterocycles. The van der Waals surface area contributed by atoms with Gasteiger partial charge < -0.3 is 4.43 Å². The molecule has 5 heteroatoms. The predicted octanol–water partition coefficient (Wildman–Crippen LogP) is 2.84. The summed E-state index contributed by atoms with van der Waals surface area (Å²) in [4.78, 5) is 4.53. The van der Waals surface area contributed by atoms with Crippen LogP contribution < -0.4 is 4.43 Å². The van der Waals surface area contributed by atoms with Crippen LogP contribution in [0.1, 0.15) is 11.3 Å². The molecule has 0 aliphatic carbocycles. The lowest BCUT2D eigenvalue weighted by Gasteiger charge is -2.11. The highest BCUT2D eigenvalue weighted by Gasteiger charge is 2.05. The summed E-state index contributed by atoms with van der Waals surface area (Å²) in [6.45, 7) is 6.31. The molecule has 2 rings (SSSR count). The fourth-order valence-corrected chi connectivity index (χ4v) is 2.50. The van der Waals surface area contributed by atoms with Gasteiger partial charge in [0.25, 0.3) is 0 Å². The summed E-state index contributed by atoms with van der Waals surface area (Å²) in [6.07, 6.45) is 3.68. The van der Waals surface area contributed by atoms with Crippen LogP contribution in [0.4, 0.5) is 5.69 Å². The van der Waals surface area contributed by atoms with Gasteiger partial charge in [-0.05, 0) is 37.7 Å². The summed E-state index contributed by atoms with van der Waals surface area (Å²) in [5, 5.41) is 4.20. The molecular weight excluding hydrogens is 254 g/mol. The van der Waals surface area contributed by atoms with Crippen molar-refractivity contribution in [3.05, 3.63) is 41.7 Å². The van der Waals surface area contributed by atoms with Crippen molar-refractivity contribution < 1.29 is 4.43 Å². The zero-order valence-electron chi connectivity index (χ0n) is 11.8. The van der Waals surface area contributed by atoms with Crippen LogP contribution in [-0.2, 0) is 7.05 Å². The van der Waals surface area contributed by atoms with E-state index >= 15 is 0 Å². The zero-order chi connectivity index (χ0) is 13.8. The minimum atomic E-state index is -1.12. The third-order valence-corrected chi connectivity index (χ3v) is 3.46. The molecule has 0 aliphatic heterocycles. The third kappa shape index (κ3) is 3.32. The molecule has 100 valence electrons. The Kier molecular flexibility index (Phi) is 4.16. The number of hydrogen-bond acceptors (Lipinski definition) is 3. The Balaban J connectivity index is 2.28. The van der Waals surface area contributed by atoms with Crippen molar-refractivity contribution in [1.82, 2.24) is 9.78 Å². The lowest BCUT2D eigenvalue weighted by atomic mass is 10.3. The van der Waals surface area contributed by atoms with E-state index in [1.165, 1.54) is 0 Å². The Morgan fingerprint density at radius 1 is 1.32 bits per heavy atom. The van der Waals surface area contributed by atoms with E-state index in [1.54, 1.807) is 0 Å². The van der Waals surface area contributed by atoms with Crippen LogP contribution in [0.15, 0.2) is 35.5 Å². The molecule has 0 aliphatic rings. The maximum Gasteiger partial charge on any atom is 0.229 e. The Morgan fingerprint density at radius 2 is 2.05 bits per heavy atom. The number of aliphatic imine (C=N–C) groups is 1. The van der Waals surface area contributed by atoms with E-state index in [0.29, 0.717) is 0 Å². The molecule has 0 saturated carbocycles. The van der Waals surface area contributed by atoms with Gasteiger partial charge in [0.15, 0.2) is 0 Å². The van der Waals surface area contributed by atoms with E-state index in [1.807, 2.05) is 55.3 Å². The highest BCUT2D eigenvalue weighted by Crippen LogP contribution is 2.27. The van der Waals surface area contributed by atoms with E-state index in [2.05, 4.69) is 23.2 Å². The first-order valence-corrected chi connectivity index (χ1v) is 9.14. The number of rotatable bonds is 4. The maximum absolute atomic E-state index is 5.88. The Bertz CT molecular complexity index is 571. The number of hydrogen-bond donors (Lipinski definition) is 0. The second-order valence-electron chi connectivity index (χ2n) is 4.73. The Morgan fingerprint density at radius 3 is 2.68 bits per heavy atom. The van der Waals surface area contributed by atoms with Crippen molar-refractivity contribution >= 4 is 20.9 Å². The predicted molar refractivity (Wildman–Crippen MR) is 81.1 cm³/mol. The summed E-state index contributed by atoms with van der Waals surface area (Å²) in [6, 6.07) is 7.88. The molecule has 0 N–H and O–H groups in total. The topological polar surface area (TPSA) is 39.4 Å². The van der Waals surface area contributed by atoms with Crippen molar-refractivity contribution in [3.63, 3.8) is 0 Å². The van der Waals surface area contributed by atoms with E-state index in [4.69, 9.17) is 4.43 Å². The molecule has 4 nitrogen and oxygen atoms in total. The summed E-state index contributed by atoms with van der Waals surface area (Å²) in [5.74, 6) is 0.861. The summed E-state index contributed by atoms with van der Waals surface area (Å²) in [5.41, 5.74) is 2.99. The van der Waals surface area contributed by atoms with Crippen molar-refractivity contribution in [2.45, 2.75) is 20.0 Å². The first-order chi connectivity index (χ1) is 9.08. The largest absolute Gasteiger partial charge is 0.546 e. The number of aryl methyl sites for hydroxylation is 2. The minimum Gasteiger partial charge on any atom is -0.546 e. The molecule has 0 unspecified atom stereocenters.